The number of sulfone groups is 1. The standard InChI is InChI=1S/C18H19N7O5S3/c19-6-9(26)7-32(27,28)13-5-4-10(11-2-1-3-12-15(11)24-18(20)31-12)14(16(13)33(21,29)30)17-22-8-23-25-17/h1-5,9,26H,6-8,19H2,(H2,20,24)(H2,21,29,30). The lowest BCUT2D eigenvalue weighted by Crippen LogP contribution is -2.30. The van der Waals surface area contributed by atoms with Crippen molar-refractivity contribution in [1.29, 1.82) is 0 Å². The Balaban J connectivity index is 2.11. The van der Waals surface area contributed by atoms with E-state index in [4.69, 9.17) is 16.6 Å². The third kappa shape index (κ3) is 4.38. The number of hydrogen-bond acceptors (Lipinski definition) is 12. The number of sulfonamides is 1. The molecule has 1 aliphatic rings. The first-order chi connectivity index (χ1) is 15.5. The summed E-state index contributed by atoms with van der Waals surface area (Å²) in [5.41, 5.74) is 12.3. The maximum absolute atomic E-state index is 13.0. The Bertz CT molecular complexity index is 1530. The highest BCUT2D eigenvalue weighted by molar-refractivity contribution is 7.93. The molecule has 1 aromatic heterocycles. The molecule has 12 nitrogen and oxygen atoms in total. The van der Waals surface area contributed by atoms with Gasteiger partial charge in [-0.2, -0.15) is 5.11 Å². The van der Waals surface area contributed by atoms with Crippen LogP contribution in [0.1, 0.15) is 5.56 Å². The molecule has 0 fully saturated rings. The molecular formula is C18H19N7O5S3. The zero-order valence-corrected chi connectivity index (χ0v) is 19.4. The van der Waals surface area contributed by atoms with Crippen molar-refractivity contribution in [3.05, 3.63) is 35.9 Å². The summed E-state index contributed by atoms with van der Waals surface area (Å²) in [5, 5.41) is 23.3. The number of aliphatic hydroxyl groups is 1. The van der Waals surface area contributed by atoms with Gasteiger partial charge in [0.05, 0.1) is 32.5 Å². The van der Waals surface area contributed by atoms with E-state index in [-0.39, 0.29) is 30.2 Å². The summed E-state index contributed by atoms with van der Waals surface area (Å²) in [4.78, 5) is 7.15. The van der Waals surface area contributed by atoms with Gasteiger partial charge in [0.2, 0.25) is 10.0 Å². The van der Waals surface area contributed by atoms with Gasteiger partial charge < -0.3 is 16.6 Å². The lowest BCUT2D eigenvalue weighted by atomic mass is 9.98. The van der Waals surface area contributed by atoms with Crippen molar-refractivity contribution in [3.8, 4) is 11.1 Å². The van der Waals surface area contributed by atoms with E-state index < -0.39 is 41.5 Å². The Morgan fingerprint density at radius 3 is 2.52 bits per heavy atom. The van der Waals surface area contributed by atoms with Gasteiger partial charge >= 0.3 is 0 Å². The predicted molar refractivity (Wildman–Crippen MR) is 124 cm³/mol. The van der Waals surface area contributed by atoms with Crippen LogP contribution in [-0.4, -0.2) is 57.8 Å². The van der Waals surface area contributed by atoms with Crippen LogP contribution in [0.5, 0.6) is 0 Å². The number of aliphatic imine (C=N–C) groups is 1. The molecule has 0 saturated carbocycles. The van der Waals surface area contributed by atoms with Crippen molar-refractivity contribution >= 4 is 52.4 Å². The number of aromatic nitrogens is 1. The summed E-state index contributed by atoms with van der Waals surface area (Å²) < 4.78 is 52.3. The van der Waals surface area contributed by atoms with E-state index in [0.29, 0.717) is 16.2 Å². The van der Waals surface area contributed by atoms with Crippen LogP contribution in [0, 0.1) is 0 Å². The molecule has 4 rings (SSSR count). The molecule has 15 heteroatoms. The number of nitrogens with two attached hydrogens (primary N) is 3. The maximum Gasteiger partial charge on any atom is 0.240 e. The molecule has 0 spiro atoms. The van der Waals surface area contributed by atoms with E-state index in [1.165, 1.54) is 17.4 Å². The fourth-order valence-corrected chi connectivity index (χ4v) is 7.30. The molecule has 174 valence electrons. The third-order valence-corrected chi connectivity index (χ3v) is 8.63. The van der Waals surface area contributed by atoms with E-state index in [1.807, 2.05) is 0 Å². The average molecular weight is 510 g/mol. The van der Waals surface area contributed by atoms with Crippen LogP contribution in [0.2, 0.25) is 0 Å². The molecule has 0 aliphatic carbocycles. The molecule has 0 radical (unpaired) electrons. The second-order valence-electron chi connectivity index (χ2n) is 7.10. The number of aliphatic hydroxyl groups excluding tert-OH is 1. The largest absolute Gasteiger partial charge is 0.391 e. The monoisotopic (exact) mass is 509 g/mol. The minimum Gasteiger partial charge on any atom is -0.391 e. The van der Waals surface area contributed by atoms with E-state index in [0.717, 1.165) is 10.8 Å². The zero-order chi connectivity index (χ0) is 24.0. The molecule has 33 heavy (non-hydrogen) atoms. The lowest BCUT2D eigenvalue weighted by molar-refractivity contribution is 0.205. The number of amidine groups is 1. The summed E-state index contributed by atoms with van der Waals surface area (Å²) >= 11 is 1.24. The van der Waals surface area contributed by atoms with Gasteiger partial charge in [0, 0.05) is 12.1 Å². The van der Waals surface area contributed by atoms with Crippen LogP contribution in [0.15, 0.2) is 55.3 Å². The number of anilines is 1. The van der Waals surface area contributed by atoms with Crippen LogP contribution in [0.25, 0.3) is 21.3 Å². The number of nitrogens with zero attached hydrogens (tertiary/aromatic N) is 4. The molecule has 7 N–H and O–H groups in total. The normalized spacial score (nSPS) is 15.2. The number of para-hydroxylation sites is 1. The zero-order valence-electron chi connectivity index (χ0n) is 16.9. The molecule has 1 atom stereocenters. The summed E-state index contributed by atoms with van der Waals surface area (Å²) in [6.07, 6.45) is -1.40. The molecule has 1 aliphatic heterocycles. The first-order valence-corrected chi connectivity index (χ1v) is 13.4. The quantitative estimate of drug-likeness (QED) is 0.350. The van der Waals surface area contributed by atoms with Crippen molar-refractivity contribution in [2.75, 3.05) is 24.7 Å². The number of hydrogen-bond donors (Lipinski definition) is 4. The van der Waals surface area contributed by atoms with Gasteiger partial charge in [-0.3, -0.25) is 0 Å². The molecule has 0 bridgehead atoms. The number of fused-ring (bicyclic) bond motifs is 1. The number of rotatable bonds is 7. The van der Waals surface area contributed by atoms with Gasteiger partial charge in [0.25, 0.3) is 0 Å². The Morgan fingerprint density at radius 1 is 1.12 bits per heavy atom. The Labute approximate surface area is 192 Å². The first kappa shape index (κ1) is 23.3. The lowest BCUT2D eigenvalue weighted by Gasteiger charge is -2.18. The van der Waals surface area contributed by atoms with Crippen LogP contribution >= 0.6 is 11.3 Å². The minimum absolute atomic E-state index is 0.0600. The summed E-state index contributed by atoms with van der Waals surface area (Å²) in [6.45, 7) is -0.390. The Kier molecular flexibility index (Phi) is 6.02. The SMILES string of the molecule is NCC(O)CS(=O)(=O)c1ccc(-c2cccc3sc(N)nc23)c(C2=NCN=N2)c1S(N)(=O)=O. The summed E-state index contributed by atoms with van der Waals surface area (Å²) in [5.74, 6) is -0.887. The van der Waals surface area contributed by atoms with E-state index in [9.17, 15) is 21.9 Å². The van der Waals surface area contributed by atoms with Gasteiger partial charge in [-0.1, -0.05) is 29.5 Å². The second kappa shape index (κ2) is 8.51. The molecule has 1 unspecified atom stereocenters. The highest BCUT2D eigenvalue weighted by atomic mass is 32.2. The minimum atomic E-state index is -4.62. The second-order valence-corrected chi connectivity index (χ2v) is 11.7. The average Bonchev–Trinajstić information content (AvgIpc) is 3.40. The Morgan fingerprint density at radius 2 is 1.88 bits per heavy atom. The molecular weight excluding hydrogens is 490 g/mol. The third-order valence-electron chi connectivity index (χ3n) is 4.82. The van der Waals surface area contributed by atoms with Crippen molar-refractivity contribution in [1.82, 2.24) is 4.98 Å². The summed E-state index contributed by atoms with van der Waals surface area (Å²) in [7, 11) is -8.95. The van der Waals surface area contributed by atoms with Crippen molar-refractivity contribution in [2.45, 2.75) is 15.9 Å². The first-order valence-electron chi connectivity index (χ1n) is 9.41. The number of azo groups is 1. The molecule has 2 heterocycles. The maximum atomic E-state index is 13.0. The van der Waals surface area contributed by atoms with E-state index in [2.05, 4.69) is 20.2 Å². The van der Waals surface area contributed by atoms with Crippen LogP contribution in [0.3, 0.4) is 0 Å². The number of nitrogen functional groups attached to an aromatic ring is 1. The fraction of sp³-hybridized carbons (Fsp3) is 0.222. The molecule has 0 saturated heterocycles. The van der Waals surface area contributed by atoms with Gasteiger partial charge in [-0.25, -0.2) is 32.0 Å². The number of thiazole rings is 1. The van der Waals surface area contributed by atoms with Crippen molar-refractivity contribution in [3.63, 3.8) is 0 Å². The molecule has 3 aromatic rings. The number of benzene rings is 2. The van der Waals surface area contributed by atoms with Gasteiger partial charge in [0.15, 0.2) is 27.5 Å². The topological polar surface area (TPSA) is 217 Å². The van der Waals surface area contributed by atoms with Crippen LogP contribution in [-0.2, 0) is 19.9 Å². The highest BCUT2D eigenvalue weighted by Crippen LogP contribution is 2.39. The Hall–Kier alpha value is -2.82. The van der Waals surface area contributed by atoms with E-state index in [1.54, 1.807) is 18.2 Å². The van der Waals surface area contributed by atoms with Gasteiger partial charge in [-0.05, 0) is 17.7 Å². The molecule has 2 aromatic carbocycles. The van der Waals surface area contributed by atoms with Gasteiger partial charge in [0.1, 0.15) is 4.90 Å². The van der Waals surface area contributed by atoms with Gasteiger partial charge in [-0.15, -0.1) is 5.11 Å². The molecule has 0 amide bonds. The fourth-order valence-electron chi connectivity index (χ4n) is 3.49. The smallest absolute Gasteiger partial charge is 0.240 e. The van der Waals surface area contributed by atoms with Crippen LogP contribution in [0.4, 0.5) is 5.13 Å². The number of primary sulfonamides is 1. The summed E-state index contributed by atoms with van der Waals surface area (Å²) in [6, 6.07) is 7.76. The van der Waals surface area contributed by atoms with Crippen LogP contribution < -0.4 is 16.6 Å². The van der Waals surface area contributed by atoms with E-state index >= 15 is 0 Å². The highest BCUT2D eigenvalue weighted by Gasteiger charge is 2.33. The van der Waals surface area contributed by atoms with Crippen molar-refractivity contribution in [2.24, 2.45) is 26.1 Å². The predicted octanol–water partition coefficient (Wildman–Crippen LogP) is 0.456. The van der Waals surface area contributed by atoms with Crippen molar-refractivity contribution < 1.29 is 21.9 Å².